The Bertz CT molecular complexity index is 155. The van der Waals surface area contributed by atoms with Crippen LogP contribution in [0, 0.1) is 11.8 Å². The van der Waals surface area contributed by atoms with E-state index in [4.69, 9.17) is 0 Å². The summed E-state index contributed by atoms with van der Waals surface area (Å²) < 4.78 is 0. The van der Waals surface area contributed by atoms with Gasteiger partial charge in [0.15, 0.2) is 0 Å². The number of nitrogens with one attached hydrogen (secondary N) is 1. The van der Waals surface area contributed by atoms with Gasteiger partial charge in [0.25, 0.3) is 0 Å². The van der Waals surface area contributed by atoms with Gasteiger partial charge in [0.2, 0.25) is 0 Å². The van der Waals surface area contributed by atoms with Crippen LogP contribution in [0.2, 0.25) is 0 Å². The third-order valence-corrected chi connectivity index (χ3v) is 3.67. The SMILES string of the molecule is CCC(C)CC(C)NC1CCC(C)C1. The van der Waals surface area contributed by atoms with Gasteiger partial charge in [-0.1, -0.05) is 27.2 Å². The van der Waals surface area contributed by atoms with E-state index >= 15 is 0 Å². The smallest absolute Gasteiger partial charge is 0.00721 e. The molecule has 1 aliphatic rings. The topological polar surface area (TPSA) is 12.0 Å². The number of rotatable bonds is 5. The first-order chi connectivity index (χ1) is 6.61. The molecule has 0 amide bonds. The second-order valence-corrected chi connectivity index (χ2v) is 5.43. The molecule has 1 fully saturated rings. The lowest BCUT2D eigenvalue weighted by Gasteiger charge is -2.21. The van der Waals surface area contributed by atoms with Gasteiger partial charge in [-0.05, 0) is 44.4 Å². The fraction of sp³-hybridized carbons (Fsp3) is 1.00. The van der Waals surface area contributed by atoms with Crippen LogP contribution >= 0.6 is 0 Å². The zero-order valence-electron chi connectivity index (χ0n) is 10.3. The molecular formula is C13H27N. The van der Waals surface area contributed by atoms with Gasteiger partial charge in [-0.2, -0.15) is 0 Å². The fourth-order valence-electron chi connectivity index (χ4n) is 2.60. The molecule has 0 saturated heterocycles. The molecule has 0 bridgehead atoms. The second kappa shape index (κ2) is 5.75. The van der Waals surface area contributed by atoms with E-state index in [2.05, 4.69) is 33.0 Å². The summed E-state index contributed by atoms with van der Waals surface area (Å²) in [5, 5.41) is 3.77. The Hall–Kier alpha value is -0.0400. The summed E-state index contributed by atoms with van der Waals surface area (Å²) in [6, 6.07) is 1.52. The predicted molar refractivity (Wildman–Crippen MR) is 63.5 cm³/mol. The first kappa shape index (κ1) is 12.0. The van der Waals surface area contributed by atoms with Crippen LogP contribution in [0.4, 0.5) is 0 Å². The highest BCUT2D eigenvalue weighted by atomic mass is 14.9. The average Bonchev–Trinajstić information content (AvgIpc) is 2.50. The van der Waals surface area contributed by atoms with Gasteiger partial charge in [0, 0.05) is 12.1 Å². The molecule has 0 heterocycles. The van der Waals surface area contributed by atoms with Gasteiger partial charge < -0.3 is 5.32 Å². The van der Waals surface area contributed by atoms with Crippen molar-refractivity contribution in [3.8, 4) is 0 Å². The van der Waals surface area contributed by atoms with Crippen molar-refractivity contribution in [3.63, 3.8) is 0 Å². The van der Waals surface area contributed by atoms with Crippen LogP contribution in [0.1, 0.15) is 59.8 Å². The molecule has 1 nitrogen and oxygen atoms in total. The Kier molecular flexibility index (Phi) is 4.94. The molecule has 0 spiro atoms. The summed E-state index contributed by atoms with van der Waals surface area (Å²) in [7, 11) is 0. The molecule has 84 valence electrons. The molecular weight excluding hydrogens is 170 g/mol. The van der Waals surface area contributed by atoms with E-state index in [9.17, 15) is 0 Å². The standard InChI is InChI=1S/C13H27N/c1-5-10(2)8-12(4)14-13-7-6-11(3)9-13/h10-14H,5-9H2,1-4H3. The van der Waals surface area contributed by atoms with Crippen LogP contribution < -0.4 is 5.32 Å². The van der Waals surface area contributed by atoms with Crippen molar-refractivity contribution >= 4 is 0 Å². The lowest BCUT2D eigenvalue weighted by molar-refractivity contribution is 0.370. The monoisotopic (exact) mass is 197 g/mol. The van der Waals surface area contributed by atoms with Crippen molar-refractivity contribution in [2.75, 3.05) is 0 Å². The molecule has 0 aliphatic heterocycles. The van der Waals surface area contributed by atoms with Crippen LogP contribution in [0.25, 0.3) is 0 Å². The normalized spacial score (nSPS) is 31.7. The first-order valence-electron chi connectivity index (χ1n) is 6.37. The zero-order valence-corrected chi connectivity index (χ0v) is 10.3. The van der Waals surface area contributed by atoms with Gasteiger partial charge in [0.1, 0.15) is 0 Å². The largest absolute Gasteiger partial charge is 0.311 e. The van der Waals surface area contributed by atoms with Gasteiger partial charge in [-0.15, -0.1) is 0 Å². The summed E-state index contributed by atoms with van der Waals surface area (Å²) in [5.41, 5.74) is 0. The highest BCUT2D eigenvalue weighted by Gasteiger charge is 2.22. The maximum absolute atomic E-state index is 3.77. The van der Waals surface area contributed by atoms with Crippen LogP contribution in [0.5, 0.6) is 0 Å². The molecule has 0 aromatic carbocycles. The van der Waals surface area contributed by atoms with Gasteiger partial charge >= 0.3 is 0 Å². The molecule has 0 radical (unpaired) electrons. The van der Waals surface area contributed by atoms with Crippen LogP contribution in [0.15, 0.2) is 0 Å². The van der Waals surface area contributed by atoms with Crippen LogP contribution in [0.3, 0.4) is 0 Å². The van der Waals surface area contributed by atoms with Gasteiger partial charge in [-0.25, -0.2) is 0 Å². The van der Waals surface area contributed by atoms with Gasteiger partial charge in [0.05, 0.1) is 0 Å². The lowest BCUT2D eigenvalue weighted by Crippen LogP contribution is -2.35. The summed E-state index contributed by atoms with van der Waals surface area (Å²) in [6.45, 7) is 9.36. The molecule has 0 aromatic rings. The Morgan fingerprint density at radius 3 is 2.50 bits per heavy atom. The van der Waals surface area contributed by atoms with Crippen molar-refractivity contribution in [3.05, 3.63) is 0 Å². The molecule has 4 atom stereocenters. The third-order valence-electron chi connectivity index (χ3n) is 3.67. The average molecular weight is 197 g/mol. The highest BCUT2D eigenvalue weighted by Crippen LogP contribution is 2.25. The molecule has 1 saturated carbocycles. The van der Waals surface area contributed by atoms with Crippen molar-refractivity contribution in [1.82, 2.24) is 5.32 Å². The predicted octanol–water partition coefficient (Wildman–Crippen LogP) is 3.59. The fourth-order valence-corrected chi connectivity index (χ4v) is 2.60. The highest BCUT2D eigenvalue weighted by molar-refractivity contribution is 4.80. The Labute approximate surface area is 89.7 Å². The van der Waals surface area contributed by atoms with E-state index in [-0.39, 0.29) is 0 Å². The van der Waals surface area contributed by atoms with Crippen molar-refractivity contribution in [2.24, 2.45) is 11.8 Å². The summed E-state index contributed by atoms with van der Waals surface area (Å²) in [4.78, 5) is 0. The minimum atomic E-state index is 0.709. The van der Waals surface area contributed by atoms with Crippen LogP contribution in [-0.2, 0) is 0 Å². The zero-order chi connectivity index (χ0) is 10.6. The number of hydrogen-bond donors (Lipinski definition) is 1. The van der Waals surface area contributed by atoms with Crippen molar-refractivity contribution in [2.45, 2.75) is 71.9 Å². The maximum atomic E-state index is 3.77. The molecule has 1 heteroatoms. The molecule has 0 aromatic heterocycles. The van der Waals surface area contributed by atoms with E-state index in [1.807, 2.05) is 0 Å². The van der Waals surface area contributed by atoms with E-state index < -0.39 is 0 Å². The van der Waals surface area contributed by atoms with Crippen LogP contribution in [-0.4, -0.2) is 12.1 Å². The minimum absolute atomic E-state index is 0.709. The lowest BCUT2D eigenvalue weighted by atomic mass is 9.99. The summed E-state index contributed by atoms with van der Waals surface area (Å²) in [5.74, 6) is 1.82. The molecule has 1 rings (SSSR count). The minimum Gasteiger partial charge on any atom is -0.311 e. The first-order valence-corrected chi connectivity index (χ1v) is 6.37. The van der Waals surface area contributed by atoms with E-state index in [0.29, 0.717) is 6.04 Å². The number of hydrogen-bond acceptors (Lipinski definition) is 1. The maximum Gasteiger partial charge on any atom is 0.00721 e. The quantitative estimate of drug-likeness (QED) is 0.710. The van der Waals surface area contributed by atoms with E-state index in [0.717, 1.165) is 17.9 Å². The molecule has 14 heavy (non-hydrogen) atoms. The third kappa shape index (κ3) is 4.00. The Balaban J connectivity index is 2.16. The van der Waals surface area contributed by atoms with Crippen molar-refractivity contribution < 1.29 is 0 Å². The van der Waals surface area contributed by atoms with E-state index in [1.54, 1.807) is 0 Å². The molecule has 4 unspecified atom stereocenters. The van der Waals surface area contributed by atoms with E-state index in [1.165, 1.54) is 32.1 Å². The van der Waals surface area contributed by atoms with Gasteiger partial charge in [-0.3, -0.25) is 0 Å². The summed E-state index contributed by atoms with van der Waals surface area (Å²) >= 11 is 0. The molecule has 1 N–H and O–H groups in total. The Morgan fingerprint density at radius 1 is 1.29 bits per heavy atom. The Morgan fingerprint density at radius 2 is 2.00 bits per heavy atom. The van der Waals surface area contributed by atoms with Crippen molar-refractivity contribution in [1.29, 1.82) is 0 Å². The second-order valence-electron chi connectivity index (χ2n) is 5.43. The summed E-state index contributed by atoms with van der Waals surface area (Å²) in [6.07, 6.45) is 6.86. The molecule has 1 aliphatic carbocycles.